The van der Waals surface area contributed by atoms with Gasteiger partial charge < -0.3 is 14.5 Å². The number of nitro benzene ring substituents is 1. The fourth-order valence-electron chi connectivity index (χ4n) is 2.67. The summed E-state index contributed by atoms with van der Waals surface area (Å²) in [5.41, 5.74) is 3.22. The van der Waals surface area contributed by atoms with Crippen LogP contribution in [0.1, 0.15) is 19.4 Å². The molecule has 0 spiro atoms. The number of ether oxygens (including phenoxy) is 2. The maximum absolute atomic E-state index is 11.5. The minimum Gasteiger partial charge on any atom is -0.490 e. The molecular formula is C18H19N3O4. The van der Waals surface area contributed by atoms with Crippen molar-refractivity contribution in [3.63, 3.8) is 0 Å². The molecule has 0 fully saturated rings. The number of imidazole rings is 1. The molecular weight excluding hydrogens is 322 g/mol. The largest absolute Gasteiger partial charge is 0.490 e. The molecule has 7 nitrogen and oxygen atoms in total. The molecule has 0 unspecified atom stereocenters. The van der Waals surface area contributed by atoms with Crippen LogP contribution in [0.3, 0.4) is 0 Å². The van der Waals surface area contributed by atoms with Crippen LogP contribution >= 0.6 is 0 Å². The Morgan fingerprint density at radius 3 is 2.60 bits per heavy atom. The summed E-state index contributed by atoms with van der Waals surface area (Å²) in [6, 6.07) is 9.04. The monoisotopic (exact) mass is 341 g/mol. The van der Waals surface area contributed by atoms with Gasteiger partial charge in [0.15, 0.2) is 5.75 Å². The molecule has 0 aliphatic carbocycles. The topological polar surface area (TPSA) is 90.3 Å². The average molecular weight is 341 g/mol. The molecule has 7 heteroatoms. The Hall–Kier alpha value is -3.09. The van der Waals surface area contributed by atoms with Crippen LogP contribution in [0.15, 0.2) is 30.3 Å². The number of benzene rings is 2. The van der Waals surface area contributed by atoms with E-state index in [1.165, 1.54) is 6.07 Å². The Kier molecular flexibility index (Phi) is 4.56. The Morgan fingerprint density at radius 1 is 1.16 bits per heavy atom. The molecule has 2 aromatic carbocycles. The zero-order chi connectivity index (χ0) is 18.0. The fraction of sp³-hybridized carbons (Fsp3) is 0.278. The zero-order valence-electron chi connectivity index (χ0n) is 14.3. The van der Waals surface area contributed by atoms with E-state index in [0.717, 1.165) is 16.6 Å². The molecule has 1 aromatic heterocycles. The van der Waals surface area contributed by atoms with Crippen molar-refractivity contribution in [2.75, 3.05) is 13.2 Å². The Morgan fingerprint density at radius 2 is 1.92 bits per heavy atom. The summed E-state index contributed by atoms with van der Waals surface area (Å²) < 4.78 is 11.0. The molecule has 0 radical (unpaired) electrons. The fourth-order valence-corrected chi connectivity index (χ4v) is 2.67. The first kappa shape index (κ1) is 16.8. The van der Waals surface area contributed by atoms with E-state index in [9.17, 15) is 10.1 Å². The molecule has 130 valence electrons. The first-order valence-corrected chi connectivity index (χ1v) is 8.08. The first-order chi connectivity index (χ1) is 12.0. The second-order valence-electron chi connectivity index (χ2n) is 5.55. The van der Waals surface area contributed by atoms with Crippen LogP contribution in [-0.2, 0) is 0 Å². The Bertz CT molecular complexity index is 933. The molecule has 0 saturated heterocycles. The van der Waals surface area contributed by atoms with Crippen LogP contribution in [0.2, 0.25) is 0 Å². The number of hydrogen-bond acceptors (Lipinski definition) is 5. The van der Waals surface area contributed by atoms with Crippen LogP contribution < -0.4 is 9.47 Å². The standard InChI is InChI=1S/C18H19N3O4/c1-4-24-16-10-12(9-15(21(22)23)17(16)25-5-2)18-19-13-7-6-11(3)8-14(13)20-18/h6-10H,4-5H2,1-3H3,(H,19,20). The number of nitrogens with zero attached hydrogens (tertiary/aromatic N) is 2. The number of H-pyrrole nitrogens is 1. The highest BCUT2D eigenvalue weighted by molar-refractivity contribution is 5.81. The van der Waals surface area contributed by atoms with Crippen LogP contribution in [0.25, 0.3) is 22.4 Å². The van der Waals surface area contributed by atoms with E-state index in [4.69, 9.17) is 9.47 Å². The van der Waals surface area contributed by atoms with Gasteiger partial charge in [-0.2, -0.15) is 0 Å². The summed E-state index contributed by atoms with van der Waals surface area (Å²) in [5.74, 6) is 1.03. The van der Waals surface area contributed by atoms with Gasteiger partial charge in [0.25, 0.3) is 0 Å². The van der Waals surface area contributed by atoms with Gasteiger partial charge in [-0.3, -0.25) is 10.1 Å². The highest BCUT2D eigenvalue weighted by Gasteiger charge is 2.24. The normalized spacial score (nSPS) is 10.8. The molecule has 25 heavy (non-hydrogen) atoms. The van der Waals surface area contributed by atoms with Crippen molar-refractivity contribution in [1.82, 2.24) is 9.97 Å². The van der Waals surface area contributed by atoms with Crippen molar-refractivity contribution >= 4 is 16.7 Å². The van der Waals surface area contributed by atoms with E-state index in [1.54, 1.807) is 13.0 Å². The third-order valence-corrected chi connectivity index (χ3v) is 3.73. The number of aromatic nitrogens is 2. The summed E-state index contributed by atoms with van der Waals surface area (Å²) in [6.45, 7) is 6.27. The SMILES string of the molecule is CCOc1cc(-c2nc3ccc(C)cc3[nH]2)cc([N+](=O)[O-])c1OCC. The molecule has 0 amide bonds. The van der Waals surface area contributed by atoms with Crippen LogP contribution in [0.4, 0.5) is 5.69 Å². The summed E-state index contributed by atoms with van der Waals surface area (Å²) in [5, 5.41) is 11.5. The first-order valence-electron chi connectivity index (χ1n) is 8.08. The second-order valence-corrected chi connectivity index (χ2v) is 5.55. The van der Waals surface area contributed by atoms with Gasteiger partial charge in [-0.25, -0.2) is 4.98 Å². The third-order valence-electron chi connectivity index (χ3n) is 3.73. The lowest BCUT2D eigenvalue weighted by Gasteiger charge is -2.12. The number of rotatable bonds is 6. The van der Waals surface area contributed by atoms with E-state index in [2.05, 4.69) is 9.97 Å². The van der Waals surface area contributed by atoms with Crippen molar-refractivity contribution in [3.05, 3.63) is 46.0 Å². The van der Waals surface area contributed by atoms with Crippen molar-refractivity contribution in [1.29, 1.82) is 0 Å². The summed E-state index contributed by atoms with van der Waals surface area (Å²) >= 11 is 0. The number of hydrogen-bond donors (Lipinski definition) is 1. The van der Waals surface area contributed by atoms with Crippen LogP contribution in [0, 0.1) is 17.0 Å². The van der Waals surface area contributed by atoms with Gasteiger partial charge in [0, 0.05) is 11.6 Å². The Balaban J connectivity index is 2.18. The molecule has 0 saturated carbocycles. The smallest absolute Gasteiger partial charge is 0.315 e. The third kappa shape index (κ3) is 3.26. The summed E-state index contributed by atoms with van der Waals surface area (Å²) in [4.78, 5) is 18.8. The van der Waals surface area contributed by atoms with Crippen molar-refractivity contribution in [3.8, 4) is 22.9 Å². The molecule has 1 heterocycles. The van der Waals surface area contributed by atoms with Gasteiger partial charge in [-0.15, -0.1) is 0 Å². The highest BCUT2D eigenvalue weighted by Crippen LogP contribution is 2.41. The minimum absolute atomic E-state index is 0.139. The lowest BCUT2D eigenvalue weighted by molar-refractivity contribution is -0.385. The predicted octanol–water partition coefficient (Wildman–Crippen LogP) is 4.24. The minimum atomic E-state index is -0.468. The number of aromatic amines is 1. The predicted molar refractivity (Wildman–Crippen MR) is 95.3 cm³/mol. The molecule has 0 atom stereocenters. The van der Waals surface area contributed by atoms with E-state index in [-0.39, 0.29) is 11.4 Å². The number of aryl methyl sites for hydroxylation is 1. The lowest BCUT2D eigenvalue weighted by Crippen LogP contribution is -2.03. The summed E-state index contributed by atoms with van der Waals surface area (Å²) in [7, 11) is 0. The van der Waals surface area contributed by atoms with E-state index < -0.39 is 4.92 Å². The molecule has 0 aliphatic rings. The number of nitrogens with one attached hydrogen (secondary N) is 1. The summed E-state index contributed by atoms with van der Waals surface area (Å²) in [6.07, 6.45) is 0. The van der Waals surface area contributed by atoms with Crippen LogP contribution in [0.5, 0.6) is 11.5 Å². The van der Waals surface area contributed by atoms with Gasteiger partial charge in [-0.05, 0) is 44.5 Å². The van der Waals surface area contributed by atoms with Gasteiger partial charge >= 0.3 is 5.69 Å². The maximum Gasteiger partial charge on any atom is 0.315 e. The van der Waals surface area contributed by atoms with Crippen molar-refractivity contribution < 1.29 is 14.4 Å². The molecule has 0 bridgehead atoms. The van der Waals surface area contributed by atoms with E-state index in [0.29, 0.717) is 30.4 Å². The zero-order valence-corrected chi connectivity index (χ0v) is 14.3. The average Bonchev–Trinajstić information content (AvgIpc) is 2.99. The van der Waals surface area contributed by atoms with Crippen LogP contribution in [-0.4, -0.2) is 28.1 Å². The lowest BCUT2D eigenvalue weighted by atomic mass is 10.1. The van der Waals surface area contributed by atoms with E-state index in [1.807, 2.05) is 32.0 Å². The molecule has 3 aromatic rings. The van der Waals surface area contributed by atoms with Gasteiger partial charge in [0.1, 0.15) is 5.82 Å². The van der Waals surface area contributed by atoms with E-state index >= 15 is 0 Å². The van der Waals surface area contributed by atoms with Crippen molar-refractivity contribution in [2.45, 2.75) is 20.8 Å². The highest BCUT2D eigenvalue weighted by atomic mass is 16.6. The van der Waals surface area contributed by atoms with Gasteiger partial charge in [-0.1, -0.05) is 6.07 Å². The van der Waals surface area contributed by atoms with Gasteiger partial charge in [0.05, 0.1) is 29.2 Å². The second kappa shape index (κ2) is 6.80. The quantitative estimate of drug-likeness (QED) is 0.535. The number of fused-ring (bicyclic) bond motifs is 1. The van der Waals surface area contributed by atoms with Gasteiger partial charge in [0.2, 0.25) is 5.75 Å². The van der Waals surface area contributed by atoms with Crippen molar-refractivity contribution in [2.24, 2.45) is 0 Å². The Labute approximate surface area is 144 Å². The maximum atomic E-state index is 11.5. The molecule has 0 aliphatic heterocycles. The molecule has 1 N–H and O–H groups in total. The number of nitro groups is 1. The molecule has 3 rings (SSSR count).